The Balaban J connectivity index is 1.95. The molecule has 1 heterocycles. The molecule has 1 saturated carbocycles. The standard InChI is InChI=1S/C12H19NO/c13-10-6-11-5-4-9-12(14-11)7-2-1-3-8-12/h11H,1-9H2. The van der Waals surface area contributed by atoms with Crippen LogP contribution in [0.2, 0.25) is 0 Å². The minimum atomic E-state index is 0.179. The predicted octanol–water partition coefficient (Wildman–Crippen LogP) is 3.17. The Kier molecular flexibility index (Phi) is 3.08. The van der Waals surface area contributed by atoms with E-state index in [0.717, 1.165) is 6.42 Å². The first kappa shape index (κ1) is 9.98. The van der Waals surface area contributed by atoms with E-state index >= 15 is 0 Å². The van der Waals surface area contributed by atoms with Crippen LogP contribution >= 0.6 is 0 Å². The third-order valence-electron chi connectivity index (χ3n) is 3.66. The van der Waals surface area contributed by atoms with Crippen LogP contribution in [0.5, 0.6) is 0 Å². The van der Waals surface area contributed by atoms with Crippen LogP contribution in [-0.4, -0.2) is 11.7 Å². The van der Waals surface area contributed by atoms with Crippen LogP contribution < -0.4 is 0 Å². The van der Waals surface area contributed by atoms with Crippen molar-refractivity contribution in [2.75, 3.05) is 0 Å². The molecule has 0 aromatic heterocycles. The second kappa shape index (κ2) is 4.31. The van der Waals surface area contributed by atoms with Crippen LogP contribution in [0.4, 0.5) is 0 Å². The second-order valence-electron chi connectivity index (χ2n) is 4.74. The van der Waals surface area contributed by atoms with Gasteiger partial charge in [0.1, 0.15) is 0 Å². The van der Waals surface area contributed by atoms with E-state index in [1.807, 2.05) is 0 Å². The minimum Gasteiger partial charge on any atom is -0.371 e. The Morgan fingerprint density at radius 2 is 1.86 bits per heavy atom. The summed E-state index contributed by atoms with van der Waals surface area (Å²) in [5.41, 5.74) is 0.179. The van der Waals surface area contributed by atoms with Gasteiger partial charge in [-0.15, -0.1) is 0 Å². The van der Waals surface area contributed by atoms with Crippen LogP contribution in [0.1, 0.15) is 57.8 Å². The summed E-state index contributed by atoms with van der Waals surface area (Å²) in [5.74, 6) is 0. The Morgan fingerprint density at radius 3 is 2.57 bits per heavy atom. The van der Waals surface area contributed by atoms with Crippen LogP contribution in [-0.2, 0) is 4.74 Å². The number of rotatable bonds is 1. The monoisotopic (exact) mass is 193 g/mol. The second-order valence-corrected chi connectivity index (χ2v) is 4.74. The molecule has 1 saturated heterocycles. The van der Waals surface area contributed by atoms with E-state index in [-0.39, 0.29) is 11.7 Å². The molecule has 78 valence electrons. The van der Waals surface area contributed by atoms with Crippen LogP contribution in [0.15, 0.2) is 0 Å². The van der Waals surface area contributed by atoms with E-state index in [9.17, 15) is 0 Å². The molecule has 2 fully saturated rings. The van der Waals surface area contributed by atoms with Crippen molar-refractivity contribution in [1.29, 1.82) is 5.26 Å². The van der Waals surface area contributed by atoms with Crippen LogP contribution in [0.3, 0.4) is 0 Å². The molecule has 2 nitrogen and oxygen atoms in total. The highest BCUT2D eigenvalue weighted by molar-refractivity contribution is 4.91. The molecule has 2 rings (SSSR count). The van der Waals surface area contributed by atoms with E-state index in [0.29, 0.717) is 6.42 Å². The van der Waals surface area contributed by atoms with Gasteiger partial charge >= 0.3 is 0 Å². The molecule has 0 amide bonds. The Labute approximate surface area is 86.2 Å². The molecule has 1 spiro atoms. The van der Waals surface area contributed by atoms with Gasteiger partial charge in [-0.25, -0.2) is 0 Å². The Morgan fingerprint density at radius 1 is 1.14 bits per heavy atom. The zero-order valence-corrected chi connectivity index (χ0v) is 8.80. The maximum absolute atomic E-state index is 8.68. The van der Waals surface area contributed by atoms with Gasteiger partial charge in [-0.2, -0.15) is 5.26 Å². The summed E-state index contributed by atoms with van der Waals surface area (Å²) >= 11 is 0. The third-order valence-corrected chi connectivity index (χ3v) is 3.66. The fourth-order valence-electron chi connectivity index (χ4n) is 2.93. The maximum Gasteiger partial charge on any atom is 0.0712 e. The molecule has 0 aromatic rings. The van der Waals surface area contributed by atoms with Crippen molar-refractivity contribution in [1.82, 2.24) is 0 Å². The molecule has 1 unspecified atom stereocenters. The number of nitriles is 1. The van der Waals surface area contributed by atoms with Crippen molar-refractivity contribution >= 4 is 0 Å². The zero-order chi connectivity index (χ0) is 9.86. The van der Waals surface area contributed by atoms with Crippen molar-refractivity contribution in [3.63, 3.8) is 0 Å². The van der Waals surface area contributed by atoms with Crippen LogP contribution in [0, 0.1) is 11.3 Å². The van der Waals surface area contributed by atoms with Crippen molar-refractivity contribution in [3.8, 4) is 6.07 Å². The maximum atomic E-state index is 8.68. The van der Waals surface area contributed by atoms with Gasteiger partial charge in [0.05, 0.1) is 24.2 Å². The van der Waals surface area contributed by atoms with Crippen molar-refractivity contribution in [2.45, 2.75) is 69.5 Å². The molecule has 1 aliphatic carbocycles. The number of hydrogen-bond acceptors (Lipinski definition) is 2. The average molecular weight is 193 g/mol. The van der Waals surface area contributed by atoms with Crippen LogP contribution in [0.25, 0.3) is 0 Å². The highest BCUT2D eigenvalue weighted by Gasteiger charge is 2.37. The zero-order valence-electron chi connectivity index (χ0n) is 8.80. The van der Waals surface area contributed by atoms with Gasteiger partial charge < -0.3 is 4.74 Å². The number of nitrogens with zero attached hydrogens (tertiary/aromatic N) is 1. The van der Waals surface area contributed by atoms with Gasteiger partial charge in [0.15, 0.2) is 0 Å². The van der Waals surface area contributed by atoms with Gasteiger partial charge in [0.25, 0.3) is 0 Å². The van der Waals surface area contributed by atoms with Crippen molar-refractivity contribution in [3.05, 3.63) is 0 Å². The van der Waals surface area contributed by atoms with E-state index < -0.39 is 0 Å². The normalized spacial score (nSPS) is 31.2. The minimum absolute atomic E-state index is 0.179. The SMILES string of the molecule is N#CCC1CCCC2(CCCCC2)O1. The fraction of sp³-hybridized carbons (Fsp3) is 0.917. The molecule has 2 aliphatic rings. The molecule has 14 heavy (non-hydrogen) atoms. The van der Waals surface area contributed by atoms with E-state index in [4.69, 9.17) is 10.00 Å². The molecule has 0 bridgehead atoms. The molecule has 1 aliphatic heterocycles. The molecule has 1 atom stereocenters. The Hall–Kier alpha value is -0.550. The van der Waals surface area contributed by atoms with Gasteiger partial charge in [-0.05, 0) is 32.1 Å². The summed E-state index contributed by atoms with van der Waals surface area (Å²) in [6, 6.07) is 2.23. The topological polar surface area (TPSA) is 33.0 Å². The molecule has 0 radical (unpaired) electrons. The van der Waals surface area contributed by atoms with Crippen molar-refractivity contribution < 1.29 is 4.74 Å². The van der Waals surface area contributed by atoms with E-state index in [1.165, 1.54) is 44.9 Å². The van der Waals surface area contributed by atoms with E-state index in [1.54, 1.807) is 0 Å². The summed E-state index contributed by atoms with van der Waals surface area (Å²) in [6.45, 7) is 0. The molecular formula is C12H19NO. The van der Waals surface area contributed by atoms with E-state index in [2.05, 4.69) is 6.07 Å². The largest absolute Gasteiger partial charge is 0.371 e. The lowest BCUT2D eigenvalue weighted by Gasteiger charge is -2.43. The molecule has 0 N–H and O–H groups in total. The quantitative estimate of drug-likeness (QED) is 0.640. The van der Waals surface area contributed by atoms with Gasteiger partial charge in [-0.1, -0.05) is 19.3 Å². The summed E-state index contributed by atoms with van der Waals surface area (Å²) in [5, 5.41) is 8.68. The lowest BCUT2D eigenvalue weighted by Crippen LogP contribution is -2.42. The Bertz CT molecular complexity index is 219. The summed E-state index contributed by atoms with van der Waals surface area (Å²) in [7, 11) is 0. The van der Waals surface area contributed by atoms with Crippen molar-refractivity contribution in [2.24, 2.45) is 0 Å². The number of ether oxygens (including phenoxy) is 1. The summed E-state index contributed by atoms with van der Waals surface area (Å²) in [6.07, 6.45) is 10.9. The first-order valence-corrected chi connectivity index (χ1v) is 5.89. The fourth-order valence-corrected chi connectivity index (χ4v) is 2.93. The predicted molar refractivity (Wildman–Crippen MR) is 54.8 cm³/mol. The smallest absolute Gasteiger partial charge is 0.0712 e. The highest BCUT2D eigenvalue weighted by Crippen LogP contribution is 2.40. The highest BCUT2D eigenvalue weighted by atomic mass is 16.5. The number of hydrogen-bond donors (Lipinski definition) is 0. The summed E-state index contributed by atoms with van der Waals surface area (Å²) < 4.78 is 6.13. The first-order valence-electron chi connectivity index (χ1n) is 5.89. The van der Waals surface area contributed by atoms with Gasteiger partial charge in [0.2, 0.25) is 0 Å². The first-order chi connectivity index (χ1) is 6.85. The molecule has 2 heteroatoms. The lowest BCUT2D eigenvalue weighted by molar-refractivity contribution is -0.143. The lowest BCUT2D eigenvalue weighted by atomic mass is 9.79. The van der Waals surface area contributed by atoms with Gasteiger partial charge in [-0.3, -0.25) is 0 Å². The third kappa shape index (κ3) is 2.09. The summed E-state index contributed by atoms with van der Waals surface area (Å²) in [4.78, 5) is 0. The molecular weight excluding hydrogens is 174 g/mol. The molecule has 0 aromatic carbocycles. The van der Waals surface area contributed by atoms with Gasteiger partial charge in [0, 0.05) is 0 Å². The average Bonchev–Trinajstić information content (AvgIpc) is 2.19.